The number of hydrogen-bond donors (Lipinski definition) is 1. The van der Waals surface area contributed by atoms with E-state index in [9.17, 15) is 19.2 Å². The highest BCUT2D eigenvalue weighted by Crippen LogP contribution is 2.43. The van der Waals surface area contributed by atoms with Gasteiger partial charge in [0, 0.05) is 13.6 Å². The molecule has 2 saturated heterocycles. The summed E-state index contributed by atoms with van der Waals surface area (Å²) in [6, 6.07) is 7.94. The number of rotatable bonds is 4. The summed E-state index contributed by atoms with van der Waals surface area (Å²) in [5.41, 5.74) is 6.03. The molecule has 0 unspecified atom stereocenters. The maximum atomic E-state index is 12.9. The van der Waals surface area contributed by atoms with Crippen molar-refractivity contribution in [2.75, 3.05) is 33.8 Å². The third kappa shape index (κ3) is 3.64. The first-order valence-corrected chi connectivity index (χ1v) is 9.05. The summed E-state index contributed by atoms with van der Waals surface area (Å²) in [6.45, 7) is 0.00500. The number of hydrogen-bond acceptors (Lipinski definition) is 5. The molecule has 150 valence electrons. The van der Waals surface area contributed by atoms with Crippen molar-refractivity contribution < 1.29 is 23.9 Å². The minimum absolute atomic E-state index is 0.0981. The van der Waals surface area contributed by atoms with Gasteiger partial charge in [0.1, 0.15) is 6.54 Å². The summed E-state index contributed by atoms with van der Waals surface area (Å²) < 4.78 is 4.96. The second-order valence-electron chi connectivity index (χ2n) is 7.14. The van der Waals surface area contributed by atoms with Crippen molar-refractivity contribution >= 4 is 23.8 Å². The number of ether oxygens (including phenoxy) is 1. The molecule has 0 bridgehead atoms. The van der Waals surface area contributed by atoms with Crippen LogP contribution in [0.1, 0.15) is 18.0 Å². The molecule has 2 N–H and O–H groups in total. The Bertz CT molecular complexity index is 784. The molecule has 0 aliphatic carbocycles. The van der Waals surface area contributed by atoms with Crippen molar-refractivity contribution in [3.05, 3.63) is 35.9 Å². The van der Waals surface area contributed by atoms with Gasteiger partial charge >= 0.3 is 12.0 Å². The monoisotopic (exact) mass is 388 g/mol. The SMILES string of the molecule is COC(=O)[C@H]1C[C@H]2CN(C(=O)CN(C)C(N)=O)CC(=O)N2[C@H]1c1ccccc1. The van der Waals surface area contributed by atoms with Gasteiger partial charge in [-0.2, -0.15) is 0 Å². The summed E-state index contributed by atoms with van der Waals surface area (Å²) in [5.74, 6) is -1.45. The number of carbonyl (C=O) groups excluding carboxylic acids is 4. The summed E-state index contributed by atoms with van der Waals surface area (Å²) in [7, 11) is 2.76. The minimum atomic E-state index is -0.714. The number of benzene rings is 1. The maximum absolute atomic E-state index is 12.9. The van der Waals surface area contributed by atoms with Crippen LogP contribution >= 0.6 is 0 Å². The lowest BCUT2D eigenvalue weighted by molar-refractivity contribution is -0.151. The Balaban J connectivity index is 1.83. The molecule has 2 aliphatic rings. The first-order valence-electron chi connectivity index (χ1n) is 9.05. The Hall–Kier alpha value is -3.10. The van der Waals surface area contributed by atoms with Crippen LogP contribution in [0, 0.1) is 5.92 Å². The fraction of sp³-hybridized carbons (Fsp3) is 0.474. The van der Waals surface area contributed by atoms with E-state index in [4.69, 9.17) is 10.5 Å². The molecule has 2 heterocycles. The highest BCUT2D eigenvalue weighted by atomic mass is 16.5. The molecule has 0 aromatic heterocycles. The van der Waals surface area contributed by atoms with Crippen LogP contribution in [-0.4, -0.2) is 78.3 Å². The average Bonchev–Trinajstić information content (AvgIpc) is 3.08. The Morgan fingerprint density at radius 2 is 1.93 bits per heavy atom. The van der Waals surface area contributed by atoms with Crippen LogP contribution in [0.2, 0.25) is 0 Å². The lowest BCUT2D eigenvalue weighted by atomic mass is 9.93. The molecular weight excluding hydrogens is 364 g/mol. The molecule has 9 nitrogen and oxygen atoms in total. The second-order valence-corrected chi connectivity index (χ2v) is 7.14. The number of carbonyl (C=O) groups is 4. The topological polar surface area (TPSA) is 113 Å². The molecule has 0 radical (unpaired) electrons. The number of amides is 4. The zero-order valence-electron chi connectivity index (χ0n) is 15.9. The van der Waals surface area contributed by atoms with E-state index in [1.807, 2.05) is 30.3 Å². The van der Waals surface area contributed by atoms with Gasteiger partial charge in [-0.05, 0) is 12.0 Å². The van der Waals surface area contributed by atoms with Gasteiger partial charge in [0.05, 0.1) is 31.7 Å². The number of likely N-dealkylation sites (N-methyl/N-ethyl adjacent to an activating group) is 1. The molecule has 0 spiro atoms. The van der Waals surface area contributed by atoms with Gasteiger partial charge in [-0.15, -0.1) is 0 Å². The van der Waals surface area contributed by atoms with E-state index in [1.54, 1.807) is 4.90 Å². The van der Waals surface area contributed by atoms with Crippen molar-refractivity contribution in [1.82, 2.24) is 14.7 Å². The van der Waals surface area contributed by atoms with E-state index in [2.05, 4.69) is 0 Å². The Morgan fingerprint density at radius 3 is 2.54 bits per heavy atom. The van der Waals surface area contributed by atoms with Gasteiger partial charge in [0.25, 0.3) is 0 Å². The van der Waals surface area contributed by atoms with Crippen molar-refractivity contribution in [2.24, 2.45) is 11.7 Å². The molecule has 1 aromatic carbocycles. The molecule has 3 atom stereocenters. The van der Waals surface area contributed by atoms with Gasteiger partial charge in [-0.1, -0.05) is 30.3 Å². The van der Waals surface area contributed by atoms with E-state index in [0.717, 1.165) is 10.5 Å². The Morgan fingerprint density at radius 1 is 1.25 bits per heavy atom. The number of methoxy groups -OCH3 is 1. The number of urea groups is 1. The fourth-order valence-electron chi connectivity index (χ4n) is 4.03. The number of fused-ring (bicyclic) bond motifs is 1. The van der Waals surface area contributed by atoms with E-state index in [-0.39, 0.29) is 36.9 Å². The molecular formula is C19H24N4O5. The zero-order valence-corrected chi connectivity index (χ0v) is 15.9. The summed E-state index contributed by atoms with van der Waals surface area (Å²) in [6.07, 6.45) is 0.410. The third-order valence-corrected chi connectivity index (χ3v) is 5.39. The van der Waals surface area contributed by atoms with Crippen LogP contribution in [0.5, 0.6) is 0 Å². The van der Waals surface area contributed by atoms with E-state index < -0.39 is 18.0 Å². The quantitative estimate of drug-likeness (QED) is 0.728. The Kier molecular flexibility index (Phi) is 5.53. The first-order chi connectivity index (χ1) is 13.3. The average molecular weight is 388 g/mol. The largest absolute Gasteiger partial charge is 0.469 e. The van der Waals surface area contributed by atoms with Crippen LogP contribution in [0.15, 0.2) is 30.3 Å². The minimum Gasteiger partial charge on any atom is -0.469 e. The normalized spacial score (nSPS) is 23.9. The van der Waals surface area contributed by atoms with Crippen molar-refractivity contribution in [1.29, 1.82) is 0 Å². The first kappa shape index (κ1) is 19.7. The third-order valence-electron chi connectivity index (χ3n) is 5.39. The second kappa shape index (κ2) is 7.87. The van der Waals surface area contributed by atoms with Gasteiger partial charge in [-0.25, -0.2) is 4.79 Å². The standard InChI is InChI=1S/C19H24N4O5/c1-21(19(20)27)10-15(24)22-9-13-8-14(18(26)28-2)17(23(13)16(25)11-22)12-6-4-3-5-7-12/h3-7,13-14,17H,8-11H2,1-2H3,(H2,20,27)/t13-,14-,17-/m0/s1. The molecule has 2 fully saturated rings. The van der Waals surface area contributed by atoms with Gasteiger partial charge in [0.15, 0.2) is 0 Å². The van der Waals surface area contributed by atoms with Crippen LogP contribution in [-0.2, 0) is 19.1 Å². The number of primary amides is 1. The molecule has 0 saturated carbocycles. The zero-order chi connectivity index (χ0) is 20.4. The number of nitrogens with two attached hydrogens (primary N) is 1. The molecule has 1 aromatic rings. The number of nitrogens with zero attached hydrogens (tertiary/aromatic N) is 3. The summed E-state index contributed by atoms with van der Waals surface area (Å²) in [5, 5.41) is 0. The number of esters is 1. The predicted molar refractivity (Wildman–Crippen MR) is 98.7 cm³/mol. The van der Waals surface area contributed by atoms with Crippen molar-refractivity contribution in [3.8, 4) is 0 Å². The van der Waals surface area contributed by atoms with Crippen molar-refractivity contribution in [3.63, 3.8) is 0 Å². The van der Waals surface area contributed by atoms with E-state index in [1.165, 1.54) is 19.1 Å². The maximum Gasteiger partial charge on any atom is 0.314 e. The van der Waals surface area contributed by atoms with E-state index >= 15 is 0 Å². The fourth-order valence-corrected chi connectivity index (χ4v) is 4.03. The molecule has 28 heavy (non-hydrogen) atoms. The van der Waals surface area contributed by atoms with E-state index in [0.29, 0.717) is 13.0 Å². The van der Waals surface area contributed by atoms with Gasteiger partial charge in [0.2, 0.25) is 11.8 Å². The van der Waals surface area contributed by atoms with Gasteiger partial charge < -0.3 is 25.2 Å². The van der Waals surface area contributed by atoms with Crippen LogP contribution in [0.3, 0.4) is 0 Å². The van der Waals surface area contributed by atoms with Gasteiger partial charge in [-0.3, -0.25) is 14.4 Å². The lowest BCUT2D eigenvalue weighted by Crippen LogP contribution is -2.57. The van der Waals surface area contributed by atoms with Crippen LogP contribution in [0.25, 0.3) is 0 Å². The lowest BCUT2D eigenvalue weighted by Gasteiger charge is -2.40. The van der Waals surface area contributed by atoms with Crippen LogP contribution < -0.4 is 5.73 Å². The highest BCUT2D eigenvalue weighted by Gasteiger charge is 2.51. The van der Waals surface area contributed by atoms with Crippen LogP contribution in [0.4, 0.5) is 4.79 Å². The summed E-state index contributed by atoms with van der Waals surface area (Å²) in [4.78, 5) is 53.2. The van der Waals surface area contributed by atoms with Crippen molar-refractivity contribution in [2.45, 2.75) is 18.5 Å². The Labute approximate surface area is 163 Å². The highest BCUT2D eigenvalue weighted by molar-refractivity contribution is 5.90. The summed E-state index contributed by atoms with van der Waals surface area (Å²) >= 11 is 0. The molecule has 9 heteroatoms. The predicted octanol–water partition coefficient (Wildman–Crippen LogP) is -0.0295. The molecule has 4 amide bonds. The molecule has 3 rings (SSSR count). The smallest absolute Gasteiger partial charge is 0.314 e. The number of piperazine rings is 1. The molecule has 2 aliphatic heterocycles.